The van der Waals surface area contributed by atoms with Crippen LogP contribution in [0.5, 0.6) is 0 Å². The van der Waals surface area contributed by atoms with Gasteiger partial charge in [-0.05, 0) is 35.5 Å². The number of para-hydroxylation sites is 1. The van der Waals surface area contributed by atoms with E-state index in [9.17, 15) is 4.21 Å². The molecule has 102 valence electrons. The smallest absolute Gasteiger partial charge is 0.268 e. The maximum Gasteiger partial charge on any atom is 0.346 e. The predicted octanol–water partition coefficient (Wildman–Crippen LogP) is 3.77. The van der Waals surface area contributed by atoms with Gasteiger partial charge in [-0.3, -0.25) is 4.28 Å². The number of benzene rings is 2. The van der Waals surface area contributed by atoms with E-state index in [0.717, 1.165) is 0 Å². The summed E-state index contributed by atoms with van der Waals surface area (Å²) in [5.41, 5.74) is 1.30. The molecule has 1 atom stereocenters. The fourth-order valence-electron chi connectivity index (χ4n) is 1.81. The van der Waals surface area contributed by atoms with Crippen LogP contribution in [0.15, 0.2) is 53.7 Å². The Kier molecular flexibility index (Phi) is 3.65. The third kappa shape index (κ3) is 2.40. The molecule has 3 rings (SSSR count). The first-order chi connectivity index (χ1) is 9.66. The SMILES string of the molecule is O=S1ON=C(c2ccc(Cl)cc2Cl)N1c1ccccc1. The highest BCUT2D eigenvalue weighted by atomic mass is 35.5. The number of rotatable bonds is 2. The van der Waals surface area contributed by atoms with E-state index in [4.69, 9.17) is 27.5 Å². The second kappa shape index (κ2) is 5.44. The van der Waals surface area contributed by atoms with E-state index in [1.807, 2.05) is 30.3 Å². The van der Waals surface area contributed by atoms with Gasteiger partial charge < -0.3 is 0 Å². The highest BCUT2D eigenvalue weighted by molar-refractivity contribution is 7.83. The van der Waals surface area contributed by atoms with E-state index < -0.39 is 11.3 Å². The minimum atomic E-state index is -1.72. The Morgan fingerprint density at radius 2 is 1.85 bits per heavy atom. The van der Waals surface area contributed by atoms with Gasteiger partial charge in [-0.2, -0.15) is 4.21 Å². The van der Waals surface area contributed by atoms with Gasteiger partial charge in [0.15, 0.2) is 5.84 Å². The number of oxime groups is 1. The molecule has 0 bridgehead atoms. The molecular formula is C13H8Cl2N2O2S. The van der Waals surface area contributed by atoms with Gasteiger partial charge in [-0.1, -0.05) is 41.4 Å². The second-order valence-electron chi connectivity index (χ2n) is 3.96. The van der Waals surface area contributed by atoms with Crippen LogP contribution in [0.2, 0.25) is 10.0 Å². The van der Waals surface area contributed by atoms with E-state index in [1.165, 1.54) is 4.31 Å². The van der Waals surface area contributed by atoms with Crippen LogP contribution < -0.4 is 4.31 Å². The van der Waals surface area contributed by atoms with Gasteiger partial charge in [0.2, 0.25) is 0 Å². The van der Waals surface area contributed by atoms with E-state index >= 15 is 0 Å². The molecule has 2 aromatic rings. The number of hydrogen-bond acceptors (Lipinski definition) is 3. The Labute approximate surface area is 128 Å². The molecule has 0 aliphatic carbocycles. The molecule has 20 heavy (non-hydrogen) atoms. The monoisotopic (exact) mass is 326 g/mol. The quantitative estimate of drug-likeness (QED) is 0.842. The lowest BCUT2D eigenvalue weighted by molar-refractivity contribution is 0.386. The van der Waals surface area contributed by atoms with Crippen molar-refractivity contribution in [2.24, 2.45) is 5.16 Å². The van der Waals surface area contributed by atoms with Crippen molar-refractivity contribution in [3.05, 3.63) is 64.1 Å². The highest BCUT2D eigenvalue weighted by Crippen LogP contribution is 2.29. The maximum absolute atomic E-state index is 12.0. The molecule has 2 aromatic carbocycles. The summed E-state index contributed by atoms with van der Waals surface area (Å²) in [6.07, 6.45) is 0. The number of halogens is 2. The average molecular weight is 327 g/mol. The lowest BCUT2D eigenvalue weighted by atomic mass is 10.2. The first kappa shape index (κ1) is 13.4. The molecule has 0 N–H and O–H groups in total. The highest BCUT2D eigenvalue weighted by Gasteiger charge is 2.31. The Bertz CT molecular complexity index is 707. The number of nitrogens with zero attached hydrogens (tertiary/aromatic N) is 2. The zero-order valence-corrected chi connectivity index (χ0v) is 12.3. The van der Waals surface area contributed by atoms with Crippen molar-refractivity contribution in [3.8, 4) is 0 Å². The van der Waals surface area contributed by atoms with Crippen molar-refractivity contribution in [2.75, 3.05) is 4.31 Å². The summed E-state index contributed by atoms with van der Waals surface area (Å²) in [4.78, 5) is 0. The third-order valence-corrected chi connectivity index (χ3v) is 4.12. The predicted molar refractivity (Wildman–Crippen MR) is 81.1 cm³/mol. The summed E-state index contributed by atoms with van der Waals surface area (Å²) in [7, 11) is 0. The summed E-state index contributed by atoms with van der Waals surface area (Å²) in [6, 6.07) is 14.2. The second-order valence-corrected chi connectivity index (χ2v) is 5.75. The van der Waals surface area contributed by atoms with Crippen LogP contribution >= 0.6 is 23.2 Å². The van der Waals surface area contributed by atoms with Crippen molar-refractivity contribution < 1.29 is 8.49 Å². The summed E-state index contributed by atoms with van der Waals surface area (Å²) in [5, 5.41) is 4.79. The molecule has 4 nitrogen and oxygen atoms in total. The minimum absolute atomic E-state index is 0.385. The Morgan fingerprint density at radius 1 is 1.10 bits per heavy atom. The van der Waals surface area contributed by atoms with Gasteiger partial charge in [0.25, 0.3) is 0 Å². The van der Waals surface area contributed by atoms with Gasteiger partial charge in [0.1, 0.15) is 0 Å². The van der Waals surface area contributed by atoms with Gasteiger partial charge in [0.05, 0.1) is 10.7 Å². The normalized spacial score (nSPS) is 17.8. The molecule has 0 fully saturated rings. The molecule has 1 aliphatic heterocycles. The fraction of sp³-hybridized carbons (Fsp3) is 0. The summed E-state index contributed by atoms with van der Waals surface area (Å²) in [6.45, 7) is 0. The molecular weight excluding hydrogens is 319 g/mol. The van der Waals surface area contributed by atoms with Gasteiger partial charge in [-0.15, -0.1) is 0 Å². The molecule has 0 saturated heterocycles. The van der Waals surface area contributed by atoms with Crippen LogP contribution in [-0.4, -0.2) is 10.0 Å². The zero-order valence-electron chi connectivity index (χ0n) is 9.99. The largest absolute Gasteiger partial charge is 0.346 e. The van der Waals surface area contributed by atoms with E-state index in [0.29, 0.717) is 27.1 Å². The van der Waals surface area contributed by atoms with Gasteiger partial charge in [0, 0.05) is 10.6 Å². The third-order valence-electron chi connectivity index (χ3n) is 2.69. The average Bonchev–Trinajstić information content (AvgIpc) is 2.81. The maximum atomic E-state index is 12.0. The molecule has 0 amide bonds. The van der Waals surface area contributed by atoms with Gasteiger partial charge in [-0.25, -0.2) is 4.31 Å². The van der Waals surface area contributed by atoms with E-state index in [-0.39, 0.29) is 0 Å². The van der Waals surface area contributed by atoms with Crippen LogP contribution in [-0.2, 0) is 15.6 Å². The lowest BCUT2D eigenvalue weighted by Crippen LogP contribution is -2.28. The van der Waals surface area contributed by atoms with Crippen molar-refractivity contribution >= 4 is 46.0 Å². The summed E-state index contributed by atoms with van der Waals surface area (Å²) >= 11 is 10.3. The summed E-state index contributed by atoms with van der Waals surface area (Å²) < 4.78 is 18.3. The van der Waals surface area contributed by atoms with Crippen molar-refractivity contribution in [3.63, 3.8) is 0 Å². The fourth-order valence-corrected chi connectivity index (χ4v) is 3.07. The Hall–Kier alpha value is -1.56. The molecule has 0 aromatic heterocycles. The standard InChI is InChI=1S/C13H8Cl2N2O2S/c14-9-6-7-11(12(15)8-9)13-16-19-20(18)17(13)10-4-2-1-3-5-10/h1-8H. The molecule has 1 heterocycles. The zero-order chi connectivity index (χ0) is 14.1. The molecule has 0 saturated carbocycles. The number of hydrogen-bond donors (Lipinski definition) is 0. The lowest BCUT2D eigenvalue weighted by Gasteiger charge is -2.16. The molecule has 7 heteroatoms. The molecule has 0 spiro atoms. The minimum Gasteiger partial charge on any atom is -0.268 e. The van der Waals surface area contributed by atoms with Crippen LogP contribution in [0.3, 0.4) is 0 Å². The number of anilines is 1. The molecule has 1 unspecified atom stereocenters. The van der Waals surface area contributed by atoms with E-state index in [1.54, 1.807) is 18.2 Å². The topological polar surface area (TPSA) is 41.9 Å². The van der Waals surface area contributed by atoms with Crippen LogP contribution in [0, 0.1) is 0 Å². The first-order valence-corrected chi connectivity index (χ1v) is 7.43. The summed E-state index contributed by atoms with van der Waals surface area (Å²) in [5.74, 6) is 0.385. The molecule has 1 aliphatic rings. The van der Waals surface area contributed by atoms with Gasteiger partial charge >= 0.3 is 11.3 Å². The van der Waals surface area contributed by atoms with Crippen LogP contribution in [0.1, 0.15) is 5.56 Å². The van der Waals surface area contributed by atoms with Crippen molar-refractivity contribution in [1.82, 2.24) is 0 Å². The van der Waals surface area contributed by atoms with Crippen molar-refractivity contribution in [1.29, 1.82) is 0 Å². The van der Waals surface area contributed by atoms with Crippen LogP contribution in [0.4, 0.5) is 5.69 Å². The Morgan fingerprint density at radius 3 is 2.55 bits per heavy atom. The van der Waals surface area contributed by atoms with Crippen molar-refractivity contribution in [2.45, 2.75) is 0 Å². The Balaban J connectivity index is 2.06. The van der Waals surface area contributed by atoms with E-state index in [2.05, 4.69) is 5.16 Å². The van der Waals surface area contributed by atoms with Crippen LogP contribution in [0.25, 0.3) is 0 Å². The first-order valence-electron chi connectivity index (χ1n) is 5.65. The number of amidine groups is 1. The molecule has 0 radical (unpaired) electrons.